The smallest absolute Gasteiger partial charge is 0.129 e. The topological polar surface area (TPSA) is 43.2 Å². The van der Waals surface area contributed by atoms with Gasteiger partial charge in [-0.1, -0.05) is 23.7 Å². The Hall–Kier alpha value is -2.11. The second kappa shape index (κ2) is 7.64. The lowest BCUT2D eigenvalue weighted by molar-refractivity contribution is 0.185. The largest absolute Gasteiger partial charge is 0.383 e. The van der Waals surface area contributed by atoms with E-state index in [0.717, 1.165) is 55.0 Å². The van der Waals surface area contributed by atoms with Crippen molar-refractivity contribution < 1.29 is 4.74 Å². The van der Waals surface area contributed by atoms with Crippen molar-refractivity contribution in [2.24, 2.45) is 0 Å². The molecule has 1 atom stereocenters. The van der Waals surface area contributed by atoms with Crippen molar-refractivity contribution in [2.45, 2.75) is 25.3 Å². The van der Waals surface area contributed by atoms with Crippen LogP contribution in [-0.4, -0.2) is 41.3 Å². The molecule has 1 aromatic carbocycles. The van der Waals surface area contributed by atoms with Crippen molar-refractivity contribution >= 4 is 28.3 Å². The summed E-state index contributed by atoms with van der Waals surface area (Å²) in [6.45, 7) is 3.47. The Labute approximate surface area is 158 Å². The molecule has 1 aliphatic heterocycles. The first-order chi connectivity index (χ1) is 12.8. The van der Waals surface area contributed by atoms with Crippen LogP contribution in [0, 0.1) is 0 Å². The van der Waals surface area contributed by atoms with E-state index in [1.807, 2.05) is 30.6 Å². The van der Waals surface area contributed by atoms with E-state index >= 15 is 0 Å². The third-order valence-electron chi connectivity index (χ3n) is 5.05. The van der Waals surface area contributed by atoms with E-state index in [2.05, 4.69) is 26.6 Å². The van der Waals surface area contributed by atoms with Gasteiger partial charge in [-0.2, -0.15) is 0 Å². The molecule has 0 unspecified atom stereocenters. The number of halogens is 1. The summed E-state index contributed by atoms with van der Waals surface area (Å²) < 4.78 is 7.43. The average Bonchev–Trinajstić information content (AvgIpc) is 3.15. The fraction of sp³-hybridized carbons (Fsp3) is 0.400. The van der Waals surface area contributed by atoms with E-state index in [0.29, 0.717) is 17.5 Å². The summed E-state index contributed by atoms with van der Waals surface area (Å²) in [5.41, 5.74) is 0.871. The van der Waals surface area contributed by atoms with Gasteiger partial charge in [-0.25, -0.2) is 9.97 Å². The van der Waals surface area contributed by atoms with Gasteiger partial charge in [0.2, 0.25) is 0 Å². The van der Waals surface area contributed by atoms with Gasteiger partial charge in [-0.3, -0.25) is 0 Å². The number of piperidine rings is 1. The first kappa shape index (κ1) is 17.3. The molecule has 0 saturated carbocycles. The number of hydrogen-bond donors (Lipinski definition) is 0. The van der Waals surface area contributed by atoms with Crippen molar-refractivity contribution in [1.29, 1.82) is 0 Å². The van der Waals surface area contributed by atoms with Crippen LogP contribution in [0.5, 0.6) is 0 Å². The summed E-state index contributed by atoms with van der Waals surface area (Å²) in [5, 5.41) is 1.78. The van der Waals surface area contributed by atoms with Gasteiger partial charge in [0.15, 0.2) is 0 Å². The van der Waals surface area contributed by atoms with Crippen LogP contribution in [-0.2, 0) is 11.3 Å². The molecule has 0 radical (unpaired) electrons. The predicted molar refractivity (Wildman–Crippen MR) is 105 cm³/mol. The second-order valence-corrected chi connectivity index (χ2v) is 7.15. The molecule has 3 heterocycles. The molecule has 4 rings (SSSR count). The standard InChI is InChI=1S/C20H23ClN4O/c1-26-13-12-24-11-9-22-20(24)16-5-3-10-25(14-16)18-8-7-15-4-2-6-17(21)19(15)23-18/h2,4,6-9,11,16H,3,5,10,12-14H2,1H3/t16-/m1/s1. The van der Waals surface area contributed by atoms with Gasteiger partial charge in [-0.05, 0) is 31.0 Å². The van der Waals surface area contributed by atoms with Gasteiger partial charge in [0, 0.05) is 50.4 Å². The van der Waals surface area contributed by atoms with Crippen LogP contribution in [0.15, 0.2) is 42.7 Å². The zero-order valence-corrected chi connectivity index (χ0v) is 15.7. The first-order valence-electron chi connectivity index (χ1n) is 9.06. The lowest BCUT2D eigenvalue weighted by Gasteiger charge is -2.33. The van der Waals surface area contributed by atoms with Crippen molar-refractivity contribution in [3.63, 3.8) is 0 Å². The molecule has 1 saturated heterocycles. The number of para-hydroxylation sites is 1. The minimum Gasteiger partial charge on any atom is -0.383 e. The monoisotopic (exact) mass is 370 g/mol. The molecule has 0 aliphatic carbocycles. The molecule has 0 bridgehead atoms. The number of rotatable bonds is 5. The highest BCUT2D eigenvalue weighted by atomic mass is 35.5. The molecule has 136 valence electrons. The highest BCUT2D eigenvalue weighted by Gasteiger charge is 2.25. The summed E-state index contributed by atoms with van der Waals surface area (Å²) in [6.07, 6.45) is 6.21. The van der Waals surface area contributed by atoms with Crippen LogP contribution in [0.3, 0.4) is 0 Å². The minimum atomic E-state index is 0.402. The Morgan fingerprint density at radius 3 is 3.08 bits per heavy atom. The summed E-state index contributed by atoms with van der Waals surface area (Å²) in [6, 6.07) is 10.1. The third kappa shape index (κ3) is 3.41. The van der Waals surface area contributed by atoms with Gasteiger partial charge < -0.3 is 14.2 Å². The zero-order valence-electron chi connectivity index (χ0n) is 14.9. The maximum atomic E-state index is 6.34. The fourth-order valence-electron chi connectivity index (χ4n) is 3.73. The number of hydrogen-bond acceptors (Lipinski definition) is 4. The molecule has 0 amide bonds. The SMILES string of the molecule is COCCn1ccnc1[C@@H]1CCCN(c2ccc3cccc(Cl)c3n2)C1. The van der Waals surface area contributed by atoms with Gasteiger partial charge in [-0.15, -0.1) is 0 Å². The summed E-state index contributed by atoms with van der Waals surface area (Å²) in [7, 11) is 1.73. The number of fused-ring (bicyclic) bond motifs is 1. The number of pyridine rings is 1. The molecular formula is C20H23ClN4O. The quantitative estimate of drug-likeness (QED) is 0.677. The van der Waals surface area contributed by atoms with Crippen LogP contribution in [0.2, 0.25) is 5.02 Å². The Kier molecular flexibility index (Phi) is 5.09. The number of aromatic nitrogens is 3. The van der Waals surface area contributed by atoms with Crippen molar-refractivity contribution in [3.8, 4) is 0 Å². The number of imidazole rings is 1. The van der Waals surface area contributed by atoms with E-state index in [1.54, 1.807) is 7.11 Å². The maximum absolute atomic E-state index is 6.34. The maximum Gasteiger partial charge on any atom is 0.129 e. The number of anilines is 1. The van der Waals surface area contributed by atoms with E-state index in [9.17, 15) is 0 Å². The zero-order chi connectivity index (χ0) is 17.9. The molecule has 3 aromatic rings. The van der Waals surface area contributed by atoms with Crippen LogP contribution in [0.25, 0.3) is 10.9 Å². The summed E-state index contributed by atoms with van der Waals surface area (Å²) in [5.74, 6) is 2.54. The average molecular weight is 371 g/mol. The molecular weight excluding hydrogens is 348 g/mol. The Morgan fingerprint density at radius 2 is 2.19 bits per heavy atom. The lowest BCUT2D eigenvalue weighted by Crippen LogP contribution is -2.36. The number of benzene rings is 1. The van der Waals surface area contributed by atoms with E-state index in [4.69, 9.17) is 21.3 Å². The third-order valence-corrected chi connectivity index (χ3v) is 5.36. The molecule has 0 N–H and O–H groups in total. The van der Waals surface area contributed by atoms with E-state index in [1.165, 1.54) is 0 Å². The molecule has 5 nitrogen and oxygen atoms in total. The minimum absolute atomic E-state index is 0.402. The van der Waals surface area contributed by atoms with Crippen LogP contribution in [0.1, 0.15) is 24.6 Å². The van der Waals surface area contributed by atoms with Crippen LogP contribution < -0.4 is 4.90 Å². The lowest BCUT2D eigenvalue weighted by atomic mass is 9.97. The second-order valence-electron chi connectivity index (χ2n) is 6.74. The van der Waals surface area contributed by atoms with Gasteiger partial charge in [0.1, 0.15) is 11.6 Å². The summed E-state index contributed by atoms with van der Waals surface area (Å²) in [4.78, 5) is 11.8. The normalized spacial score (nSPS) is 17.8. The van der Waals surface area contributed by atoms with Gasteiger partial charge >= 0.3 is 0 Å². The van der Waals surface area contributed by atoms with Gasteiger partial charge in [0.25, 0.3) is 0 Å². The molecule has 2 aromatic heterocycles. The number of methoxy groups -OCH3 is 1. The molecule has 1 fully saturated rings. The Morgan fingerprint density at radius 1 is 1.27 bits per heavy atom. The molecule has 26 heavy (non-hydrogen) atoms. The van der Waals surface area contributed by atoms with Crippen molar-refractivity contribution in [1.82, 2.24) is 14.5 Å². The van der Waals surface area contributed by atoms with Crippen molar-refractivity contribution in [2.75, 3.05) is 31.7 Å². The molecule has 1 aliphatic rings. The van der Waals surface area contributed by atoms with Crippen LogP contribution in [0.4, 0.5) is 5.82 Å². The van der Waals surface area contributed by atoms with E-state index in [-0.39, 0.29) is 0 Å². The highest BCUT2D eigenvalue weighted by Crippen LogP contribution is 2.30. The molecule has 0 spiro atoms. The van der Waals surface area contributed by atoms with E-state index < -0.39 is 0 Å². The first-order valence-corrected chi connectivity index (χ1v) is 9.44. The highest BCUT2D eigenvalue weighted by molar-refractivity contribution is 6.35. The van der Waals surface area contributed by atoms with Crippen LogP contribution >= 0.6 is 11.6 Å². The Balaban J connectivity index is 1.57. The number of nitrogens with zero attached hydrogens (tertiary/aromatic N) is 4. The fourth-order valence-corrected chi connectivity index (χ4v) is 3.96. The predicted octanol–water partition coefficient (Wildman–Crippen LogP) is 4.12. The molecule has 6 heteroatoms. The Bertz CT molecular complexity index is 894. The van der Waals surface area contributed by atoms with Gasteiger partial charge in [0.05, 0.1) is 17.1 Å². The summed E-state index contributed by atoms with van der Waals surface area (Å²) >= 11 is 6.34. The number of ether oxygens (including phenoxy) is 1. The van der Waals surface area contributed by atoms with Crippen molar-refractivity contribution in [3.05, 3.63) is 53.6 Å².